The van der Waals surface area contributed by atoms with Crippen LogP contribution in [-0.4, -0.2) is 34.0 Å². The molecule has 2 N–H and O–H groups in total. The lowest BCUT2D eigenvalue weighted by Crippen LogP contribution is -2.58. The van der Waals surface area contributed by atoms with Gasteiger partial charge in [-0.05, 0) is 154 Å². The molecule has 0 heterocycles. The Morgan fingerprint density at radius 1 is 0.900 bits per heavy atom. The van der Waals surface area contributed by atoms with Crippen LogP contribution in [0.5, 0.6) is 0 Å². The zero-order chi connectivity index (χ0) is 28.3. The molecular formula is C36H60O4. The Labute approximate surface area is 244 Å². The van der Waals surface area contributed by atoms with Gasteiger partial charge in [0.15, 0.2) is 0 Å². The fourth-order valence-corrected chi connectivity index (χ4v) is 12.6. The van der Waals surface area contributed by atoms with E-state index in [0.29, 0.717) is 47.3 Å². The highest BCUT2D eigenvalue weighted by molar-refractivity contribution is 5.70. The minimum absolute atomic E-state index is 0.00432. The quantitative estimate of drug-likeness (QED) is 0.311. The number of hydrogen-bond donors (Lipinski definition) is 2. The molecule has 6 fully saturated rings. The minimum Gasteiger partial charge on any atom is -0.459 e. The number of carbonyl (C=O) groups excluding carboxylic acids is 1. The van der Waals surface area contributed by atoms with E-state index >= 15 is 0 Å². The molecular weight excluding hydrogens is 496 g/mol. The van der Waals surface area contributed by atoms with E-state index in [1.807, 2.05) is 0 Å². The summed E-state index contributed by atoms with van der Waals surface area (Å²) >= 11 is 0. The highest BCUT2D eigenvalue weighted by Crippen LogP contribution is 2.68. The number of fused-ring (bicyclic) bond motifs is 7. The smallest absolute Gasteiger partial charge is 0.306 e. The maximum atomic E-state index is 13.1. The van der Waals surface area contributed by atoms with Crippen LogP contribution in [0.2, 0.25) is 0 Å². The fraction of sp³-hybridized carbons (Fsp3) is 0.972. The summed E-state index contributed by atoms with van der Waals surface area (Å²) in [4.78, 5) is 13.1. The maximum absolute atomic E-state index is 13.1. The first kappa shape index (κ1) is 29.5. The second kappa shape index (κ2) is 11.1. The van der Waals surface area contributed by atoms with Crippen LogP contribution in [0.25, 0.3) is 0 Å². The number of aliphatic hydroxyl groups is 2. The molecule has 40 heavy (non-hydrogen) atoms. The Bertz CT molecular complexity index is 918. The summed E-state index contributed by atoms with van der Waals surface area (Å²) < 4.78 is 6.37. The lowest BCUT2D eigenvalue weighted by molar-refractivity contribution is -0.177. The summed E-state index contributed by atoms with van der Waals surface area (Å²) in [6, 6.07) is 0. The molecule has 0 radical (unpaired) electrons. The average molecular weight is 557 g/mol. The number of esters is 1. The Hall–Kier alpha value is -0.610. The van der Waals surface area contributed by atoms with Gasteiger partial charge in [-0.3, -0.25) is 4.79 Å². The molecule has 0 aromatic rings. The maximum Gasteiger partial charge on any atom is 0.306 e. The number of carbonyl (C=O) groups is 1. The van der Waals surface area contributed by atoms with Crippen molar-refractivity contribution < 1.29 is 19.7 Å². The third-order valence-corrected chi connectivity index (χ3v) is 15.0. The molecule has 6 aliphatic carbocycles. The lowest BCUT2D eigenvalue weighted by Gasteiger charge is -2.62. The van der Waals surface area contributed by atoms with Crippen molar-refractivity contribution in [1.82, 2.24) is 0 Å². The largest absolute Gasteiger partial charge is 0.459 e. The topological polar surface area (TPSA) is 66.8 Å². The summed E-state index contributed by atoms with van der Waals surface area (Å²) in [7, 11) is 0. The predicted molar refractivity (Wildman–Crippen MR) is 159 cm³/mol. The van der Waals surface area contributed by atoms with Gasteiger partial charge in [-0.15, -0.1) is 0 Å². The van der Waals surface area contributed by atoms with Crippen LogP contribution in [-0.2, 0) is 9.53 Å². The summed E-state index contributed by atoms with van der Waals surface area (Å²) in [5, 5.41) is 22.2. The number of aliphatic hydroxyl groups excluding tert-OH is 2. The third-order valence-electron chi connectivity index (χ3n) is 15.0. The van der Waals surface area contributed by atoms with Gasteiger partial charge >= 0.3 is 5.97 Å². The number of rotatable bonds is 7. The van der Waals surface area contributed by atoms with E-state index < -0.39 is 0 Å². The number of ether oxygens (including phenoxy) is 1. The molecule has 6 saturated carbocycles. The average Bonchev–Trinajstić information content (AvgIpc) is 3.30. The van der Waals surface area contributed by atoms with E-state index in [2.05, 4.69) is 27.7 Å². The van der Waals surface area contributed by atoms with Crippen LogP contribution >= 0.6 is 0 Å². The zero-order valence-electron chi connectivity index (χ0n) is 26.2. The third kappa shape index (κ3) is 4.82. The molecule has 0 amide bonds. The molecule has 6 aliphatic rings. The Balaban J connectivity index is 1.05. The first-order chi connectivity index (χ1) is 19.1. The minimum atomic E-state index is -0.226. The van der Waals surface area contributed by atoms with Gasteiger partial charge in [0.1, 0.15) is 5.60 Å². The van der Waals surface area contributed by atoms with Gasteiger partial charge < -0.3 is 14.9 Å². The molecule has 0 unspecified atom stereocenters. The molecule has 228 valence electrons. The molecule has 4 heteroatoms. The molecule has 6 rings (SSSR count). The summed E-state index contributed by atoms with van der Waals surface area (Å²) in [5.41, 5.74) is 0.103. The van der Waals surface area contributed by atoms with Gasteiger partial charge in [0, 0.05) is 6.42 Å². The van der Waals surface area contributed by atoms with Crippen molar-refractivity contribution >= 4 is 5.97 Å². The Morgan fingerprint density at radius 2 is 1.73 bits per heavy atom. The van der Waals surface area contributed by atoms with E-state index in [9.17, 15) is 15.0 Å². The van der Waals surface area contributed by atoms with Crippen LogP contribution in [0, 0.1) is 58.2 Å². The van der Waals surface area contributed by atoms with Crippen molar-refractivity contribution in [3.8, 4) is 0 Å². The highest BCUT2D eigenvalue weighted by Gasteiger charge is 2.63. The molecule has 0 aliphatic heterocycles. The van der Waals surface area contributed by atoms with Crippen LogP contribution in [0.3, 0.4) is 0 Å². The van der Waals surface area contributed by atoms with Gasteiger partial charge in [-0.2, -0.15) is 0 Å². The van der Waals surface area contributed by atoms with E-state index in [1.54, 1.807) is 0 Å². The first-order valence-electron chi connectivity index (χ1n) is 17.7. The van der Waals surface area contributed by atoms with Crippen LogP contribution < -0.4 is 0 Å². The SMILES string of the molecule is CC[C@]1(OC(=O)CCC[C@@H](C)[C@H]2CC[C@H]3[C@@H]4CC[C@@H]5C[C@H](O)CC[C@]5(C)[C@H]4C[C@H](O)[C@]23C)CC[C@@H]2CCC[C@H]1C2. The van der Waals surface area contributed by atoms with Gasteiger partial charge in [0.2, 0.25) is 0 Å². The van der Waals surface area contributed by atoms with Crippen molar-refractivity contribution in [2.75, 3.05) is 0 Å². The summed E-state index contributed by atoms with van der Waals surface area (Å²) in [5.74, 6) is 5.16. The number of hydrogen-bond acceptors (Lipinski definition) is 4. The Kier molecular flexibility index (Phi) is 8.21. The van der Waals surface area contributed by atoms with Crippen molar-refractivity contribution in [3.05, 3.63) is 0 Å². The summed E-state index contributed by atoms with van der Waals surface area (Å²) in [6.45, 7) is 9.57. The molecule has 4 nitrogen and oxygen atoms in total. The standard InChI is InChI=1S/C36H60O4/c1-5-36(19-16-24-9-7-10-26(36)20-24)40-33(39)11-6-8-23(2)29-14-15-30-28-13-12-25-21-27(37)17-18-34(25,3)31(28)22-32(38)35(29,30)4/h23-32,37-38H,5-22H2,1-4H3/t23-,24+,25-,26+,27-,28+,29-,30+,31+,32+,34+,35-,36+/m1/s1. The van der Waals surface area contributed by atoms with E-state index in [0.717, 1.165) is 63.2 Å². The Morgan fingerprint density at radius 3 is 2.52 bits per heavy atom. The van der Waals surface area contributed by atoms with Crippen LogP contribution in [0.15, 0.2) is 0 Å². The van der Waals surface area contributed by atoms with Gasteiger partial charge in [-0.25, -0.2) is 0 Å². The van der Waals surface area contributed by atoms with E-state index in [1.165, 1.54) is 57.8 Å². The zero-order valence-corrected chi connectivity index (χ0v) is 26.2. The van der Waals surface area contributed by atoms with Crippen LogP contribution in [0.1, 0.15) is 143 Å². The first-order valence-corrected chi connectivity index (χ1v) is 17.7. The highest BCUT2D eigenvalue weighted by atomic mass is 16.6. The molecule has 13 atom stereocenters. The molecule has 0 spiro atoms. The molecule has 0 saturated heterocycles. The van der Waals surface area contributed by atoms with Gasteiger partial charge in [0.25, 0.3) is 0 Å². The lowest BCUT2D eigenvalue weighted by atomic mass is 9.43. The van der Waals surface area contributed by atoms with E-state index in [-0.39, 0.29) is 29.2 Å². The van der Waals surface area contributed by atoms with Gasteiger partial charge in [0.05, 0.1) is 12.2 Å². The monoisotopic (exact) mass is 556 g/mol. The van der Waals surface area contributed by atoms with E-state index in [4.69, 9.17) is 4.74 Å². The molecule has 2 bridgehead atoms. The van der Waals surface area contributed by atoms with Crippen molar-refractivity contribution in [2.45, 2.75) is 161 Å². The fourth-order valence-electron chi connectivity index (χ4n) is 12.6. The normalized spacial score (nSPS) is 50.8. The molecule has 0 aromatic carbocycles. The molecule has 0 aromatic heterocycles. The van der Waals surface area contributed by atoms with Crippen LogP contribution in [0.4, 0.5) is 0 Å². The van der Waals surface area contributed by atoms with Crippen molar-refractivity contribution in [3.63, 3.8) is 0 Å². The predicted octanol–water partition coefficient (Wildman–Crippen LogP) is 8.08. The second-order valence-corrected chi connectivity index (χ2v) is 16.4. The summed E-state index contributed by atoms with van der Waals surface area (Å²) in [6.07, 6.45) is 19.7. The van der Waals surface area contributed by atoms with Crippen molar-refractivity contribution in [1.29, 1.82) is 0 Å². The second-order valence-electron chi connectivity index (χ2n) is 16.4. The van der Waals surface area contributed by atoms with Gasteiger partial charge in [-0.1, -0.05) is 40.5 Å². The van der Waals surface area contributed by atoms with Crippen molar-refractivity contribution in [2.24, 2.45) is 58.2 Å².